The smallest absolute Gasteiger partial charge is 0.0765 e. The third-order valence-electron chi connectivity index (χ3n) is 3.08. The quantitative estimate of drug-likeness (QED) is 0.776. The summed E-state index contributed by atoms with van der Waals surface area (Å²) in [6.07, 6.45) is 1.87. The summed E-state index contributed by atoms with van der Waals surface area (Å²) >= 11 is 8.85. The first-order valence-corrected chi connectivity index (χ1v) is 8.76. The van der Waals surface area contributed by atoms with Gasteiger partial charge in [0.15, 0.2) is 0 Å². The zero-order valence-electron chi connectivity index (χ0n) is 11.7. The minimum Gasteiger partial charge on any atom is -0.308 e. The van der Waals surface area contributed by atoms with Crippen molar-refractivity contribution in [3.8, 4) is 0 Å². The number of nitrogens with zero attached hydrogens (tertiary/aromatic N) is 3. The highest BCUT2D eigenvalue weighted by atomic mass is 79.9. The molecule has 0 saturated carbocycles. The molecule has 0 saturated heterocycles. The van der Waals surface area contributed by atoms with Crippen molar-refractivity contribution in [2.45, 2.75) is 12.6 Å². The Labute approximate surface area is 140 Å². The van der Waals surface area contributed by atoms with Gasteiger partial charge in [0.2, 0.25) is 0 Å². The van der Waals surface area contributed by atoms with Crippen molar-refractivity contribution in [3.63, 3.8) is 0 Å². The fourth-order valence-corrected chi connectivity index (χ4v) is 3.79. The summed E-state index contributed by atoms with van der Waals surface area (Å²) in [7, 11) is 6.12. The fourth-order valence-electron chi connectivity index (χ4n) is 2.07. The molecule has 0 amide bonds. The van der Waals surface area contributed by atoms with Crippen molar-refractivity contribution in [2.75, 3.05) is 27.7 Å². The van der Waals surface area contributed by atoms with Crippen molar-refractivity contribution >= 4 is 43.2 Å². The van der Waals surface area contributed by atoms with E-state index in [4.69, 9.17) is 0 Å². The fraction of sp³-hybridized carbons (Fsp3) is 0.462. The Kier molecular flexibility index (Phi) is 5.80. The summed E-state index contributed by atoms with van der Waals surface area (Å²) < 4.78 is 4.25. The molecule has 2 heterocycles. The van der Waals surface area contributed by atoms with Gasteiger partial charge in [-0.15, -0.1) is 11.3 Å². The first-order chi connectivity index (χ1) is 9.52. The largest absolute Gasteiger partial charge is 0.308 e. The first kappa shape index (κ1) is 16.2. The second-order valence-electron chi connectivity index (χ2n) is 4.81. The lowest BCUT2D eigenvalue weighted by Crippen LogP contribution is -2.25. The van der Waals surface area contributed by atoms with Crippen LogP contribution >= 0.6 is 43.2 Å². The van der Waals surface area contributed by atoms with Crippen LogP contribution in [0.1, 0.15) is 17.3 Å². The van der Waals surface area contributed by atoms with Gasteiger partial charge in [0, 0.05) is 6.54 Å². The maximum Gasteiger partial charge on any atom is 0.0765 e. The van der Waals surface area contributed by atoms with Gasteiger partial charge in [0.25, 0.3) is 0 Å². The van der Waals surface area contributed by atoms with E-state index in [2.05, 4.69) is 77.4 Å². The third kappa shape index (κ3) is 3.71. The molecule has 0 aliphatic carbocycles. The zero-order chi connectivity index (χ0) is 14.7. The number of rotatable bonds is 6. The van der Waals surface area contributed by atoms with Gasteiger partial charge in [-0.2, -0.15) is 5.10 Å². The van der Waals surface area contributed by atoms with Crippen molar-refractivity contribution in [3.05, 3.63) is 37.2 Å². The van der Waals surface area contributed by atoms with E-state index in [1.807, 2.05) is 13.2 Å². The molecule has 1 N–H and O–H groups in total. The Morgan fingerprint density at radius 2 is 2.20 bits per heavy atom. The molecule has 0 fully saturated rings. The molecular formula is C13H18Br2N4S. The Hall–Kier alpha value is -0.210. The summed E-state index contributed by atoms with van der Waals surface area (Å²) in [5.74, 6) is 0. The van der Waals surface area contributed by atoms with Crippen molar-refractivity contribution in [1.29, 1.82) is 0 Å². The molecule has 1 unspecified atom stereocenters. The van der Waals surface area contributed by atoms with E-state index < -0.39 is 0 Å². The normalized spacial score (nSPS) is 13.1. The number of halogens is 2. The van der Waals surface area contributed by atoms with Crippen LogP contribution in [-0.2, 0) is 6.54 Å². The predicted octanol–water partition coefficient (Wildman–Crippen LogP) is 3.34. The molecule has 7 heteroatoms. The van der Waals surface area contributed by atoms with E-state index in [1.54, 1.807) is 11.3 Å². The van der Waals surface area contributed by atoms with Crippen LogP contribution in [0.5, 0.6) is 0 Å². The van der Waals surface area contributed by atoms with Crippen LogP contribution < -0.4 is 5.32 Å². The summed E-state index contributed by atoms with van der Waals surface area (Å²) in [5, 5.41) is 10.0. The topological polar surface area (TPSA) is 33.1 Å². The van der Waals surface area contributed by atoms with E-state index in [0.717, 1.165) is 21.3 Å². The molecule has 110 valence electrons. The SMILES string of the molecule is CNC(c1csc(Br)c1)c1c(Br)cnn1CCN(C)C. The Balaban J connectivity index is 2.31. The highest BCUT2D eigenvalue weighted by Gasteiger charge is 2.21. The lowest BCUT2D eigenvalue weighted by Gasteiger charge is -2.19. The monoisotopic (exact) mass is 420 g/mol. The maximum absolute atomic E-state index is 4.48. The number of thiophene rings is 1. The van der Waals surface area contributed by atoms with Crippen molar-refractivity contribution < 1.29 is 0 Å². The molecule has 4 nitrogen and oxygen atoms in total. The number of hydrogen-bond acceptors (Lipinski definition) is 4. The summed E-state index contributed by atoms with van der Waals surface area (Å²) in [6.45, 7) is 1.84. The average Bonchev–Trinajstić information content (AvgIpc) is 2.97. The van der Waals surface area contributed by atoms with Crippen LogP contribution in [0.25, 0.3) is 0 Å². The zero-order valence-corrected chi connectivity index (χ0v) is 15.7. The number of likely N-dealkylation sites (N-methyl/N-ethyl adjacent to an activating group) is 1. The van der Waals surface area contributed by atoms with Gasteiger partial charge in [-0.05, 0) is 70.0 Å². The summed E-state index contributed by atoms with van der Waals surface area (Å²) in [6, 6.07) is 2.29. The van der Waals surface area contributed by atoms with Crippen LogP contribution in [-0.4, -0.2) is 42.4 Å². The van der Waals surface area contributed by atoms with Gasteiger partial charge < -0.3 is 10.2 Å². The molecule has 0 aromatic carbocycles. The van der Waals surface area contributed by atoms with Gasteiger partial charge >= 0.3 is 0 Å². The van der Waals surface area contributed by atoms with E-state index in [0.29, 0.717) is 0 Å². The Morgan fingerprint density at radius 3 is 2.75 bits per heavy atom. The van der Waals surface area contributed by atoms with Crippen molar-refractivity contribution in [1.82, 2.24) is 20.0 Å². The highest BCUT2D eigenvalue weighted by molar-refractivity contribution is 9.11. The highest BCUT2D eigenvalue weighted by Crippen LogP contribution is 2.32. The van der Waals surface area contributed by atoms with Gasteiger partial charge in [-0.1, -0.05) is 0 Å². The van der Waals surface area contributed by atoms with E-state index >= 15 is 0 Å². The molecule has 0 aliphatic heterocycles. The molecule has 2 rings (SSSR count). The van der Waals surface area contributed by atoms with Crippen LogP contribution in [0.3, 0.4) is 0 Å². The second kappa shape index (κ2) is 7.17. The third-order valence-corrected chi connectivity index (χ3v) is 5.21. The molecule has 1 atom stereocenters. The molecule has 0 bridgehead atoms. The number of aromatic nitrogens is 2. The minimum absolute atomic E-state index is 0.136. The minimum atomic E-state index is 0.136. The molecule has 0 radical (unpaired) electrons. The van der Waals surface area contributed by atoms with E-state index in [9.17, 15) is 0 Å². The van der Waals surface area contributed by atoms with Gasteiger partial charge in [-0.3, -0.25) is 4.68 Å². The first-order valence-electron chi connectivity index (χ1n) is 6.30. The molecule has 0 aliphatic rings. The molecule has 20 heavy (non-hydrogen) atoms. The number of hydrogen-bond donors (Lipinski definition) is 1. The predicted molar refractivity (Wildman–Crippen MR) is 91.4 cm³/mol. The number of nitrogens with one attached hydrogen (secondary N) is 1. The van der Waals surface area contributed by atoms with Gasteiger partial charge in [-0.25, -0.2) is 0 Å². The van der Waals surface area contributed by atoms with E-state index in [-0.39, 0.29) is 6.04 Å². The maximum atomic E-state index is 4.48. The standard InChI is InChI=1S/C13H18Br2N4S/c1-16-12(9-6-11(15)20-8-9)13-10(14)7-17-19(13)5-4-18(2)3/h6-8,12,16H,4-5H2,1-3H3. The van der Waals surface area contributed by atoms with Crippen LogP contribution in [0.2, 0.25) is 0 Å². The molecule has 2 aromatic heterocycles. The van der Waals surface area contributed by atoms with E-state index in [1.165, 1.54) is 11.3 Å². The average molecular weight is 422 g/mol. The molecule has 2 aromatic rings. The summed E-state index contributed by atoms with van der Waals surface area (Å²) in [5.41, 5.74) is 2.41. The van der Waals surface area contributed by atoms with Crippen LogP contribution in [0, 0.1) is 0 Å². The van der Waals surface area contributed by atoms with Crippen molar-refractivity contribution in [2.24, 2.45) is 0 Å². The molecule has 0 spiro atoms. The lowest BCUT2D eigenvalue weighted by molar-refractivity contribution is 0.366. The lowest BCUT2D eigenvalue weighted by atomic mass is 10.1. The molecular weight excluding hydrogens is 404 g/mol. The van der Waals surface area contributed by atoms with Crippen LogP contribution in [0.4, 0.5) is 0 Å². The van der Waals surface area contributed by atoms with Gasteiger partial charge in [0.1, 0.15) is 0 Å². The van der Waals surface area contributed by atoms with Gasteiger partial charge in [0.05, 0.1) is 32.7 Å². The summed E-state index contributed by atoms with van der Waals surface area (Å²) in [4.78, 5) is 2.16. The second-order valence-corrected chi connectivity index (χ2v) is 7.95. The Morgan fingerprint density at radius 1 is 1.45 bits per heavy atom. The van der Waals surface area contributed by atoms with Crippen LogP contribution in [0.15, 0.2) is 25.9 Å². The Bertz CT molecular complexity index is 564.